The number of hydrogen-bond acceptors (Lipinski definition) is 3. The SMILES string of the molecule is COCC(O)CNC1CCCCCCCCCCC1. The summed E-state index contributed by atoms with van der Waals surface area (Å²) in [4.78, 5) is 0. The minimum Gasteiger partial charge on any atom is -0.389 e. The maximum absolute atomic E-state index is 9.70. The molecule has 0 spiro atoms. The van der Waals surface area contributed by atoms with E-state index in [1.807, 2.05) is 0 Å². The summed E-state index contributed by atoms with van der Waals surface area (Å²) in [5, 5.41) is 13.2. The molecule has 1 rings (SSSR count). The van der Waals surface area contributed by atoms with Gasteiger partial charge in [-0.25, -0.2) is 0 Å². The fourth-order valence-electron chi connectivity index (χ4n) is 2.92. The van der Waals surface area contributed by atoms with Gasteiger partial charge in [0.2, 0.25) is 0 Å². The highest BCUT2D eigenvalue weighted by Gasteiger charge is 2.11. The summed E-state index contributed by atoms with van der Waals surface area (Å²) < 4.78 is 4.97. The number of ether oxygens (including phenoxy) is 1. The number of methoxy groups -OCH3 is 1. The van der Waals surface area contributed by atoms with Crippen LogP contribution in [0, 0.1) is 0 Å². The van der Waals surface area contributed by atoms with Crippen LogP contribution in [0.4, 0.5) is 0 Å². The molecule has 0 aliphatic heterocycles. The predicted molar refractivity (Wildman–Crippen MR) is 80.5 cm³/mol. The minimum atomic E-state index is -0.369. The van der Waals surface area contributed by atoms with Crippen LogP contribution in [-0.4, -0.2) is 37.5 Å². The molecule has 0 heterocycles. The first-order valence-corrected chi connectivity index (χ1v) is 8.23. The molecular weight excluding hydrogens is 238 g/mol. The van der Waals surface area contributed by atoms with Gasteiger partial charge < -0.3 is 15.2 Å². The molecule has 19 heavy (non-hydrogen) atoms. The average Bonchev–Trinajstić information content (AvgIpc) is 2.38. The molecule has 1 aliphatic rings. The molecule has 3 heteroatoms. The fourth-order valence-corrected chi connectivity index (χ4v) is 2.92. The predicted octanol–water partition coefficient (Wildman–Crippen LogP) is 3.26. The van der Waals surface area contributed by atoms with Crippen molar-refractivity contribution in [3.63, 3.8) is 0 Å². The van der Waals surface area contributed by atoms with E-state index in [9.17, 15) is 5.11 Å². The van der Waals surface area contributed by atoms with Crippen molar-refractivity contribution in [3.8, 4) is 0 Å². The van der Waals surface area contributed by atoms with Crippen molar-refractivity contribution in [3.05, 3.63) is 0 Å². The highest BCUT2D eigenvalue weighted by molar-refractivity contribution is 4.70. The zero-order chi connectivity index (χ0) is 13.8. The summed E-state index contributed by atoms with van der Waals surface area (Å²) in [6, 6.07) is 0.589. The molecule has 0 bridgehead atoms. The van der Waals surface area contributed by atoms with Crippen molar-refractivity contribution in [1.29, 1.82) is 0 Å². The van der Waals surface area contributed by atoms with Gasteiger partial charge in [-0.3, -0.25) is 0 Å². The second-order valence-corrected chi connectivity index (χ2v) is 5.97. The van der Waals surface area contributed by atoms with Crippen molar-refractivity contribution < 1.29 is 9.84 Å². The minimum absolute atomic E-state index is 0.369. The van der Waals surface area contributed by atoms with E-state index in [-0.39, 0.29) is 6.10 Å². The third-order valence-corrected chi connectivity index (χ3v) is 4.11. The molecular formula is C16H33NO2. The first-order chi connectivity index (χ1) is 9.33. The van der Waals surface area contributed by atoms with Gasteiger partial charge in [-0.05, 0) is 12.8 Å². The number of aliphatic hydroxyl groups is 1. The third-order valence-electron chi connectivity index (χ3n) is 4.11. The highest BCUT2D eigenvalue weighted by Crippen LogP contribution is 2.16. The average molecular weight is 271 g/mol. The Morgan fingerprint density at radius 2 is 1.42 bits per heavy atom. The molecule has 1 atom stereocenters. The zero-order valence-electron chi connectivity index (χ0n) is 12.7. The van der Waals surface area contributed by atoms with E-state index in [0.717, 1.165) is 0 Å². The van der Waals surface area contributed by atoms with E-state index in [1.54, 1.807) is 7.11 Å². The standard InChI is InChI=1S/C16H33NO2/c1-19-14-16(18)13-17-15-11-9-7-5-3-2-4-6-8-10-12-15/h15-18H,2-14H2,1H3. The Morgan fingerprint density at radius 3 is 1.89 bits per heavy atom. The van der Waals surface area contributed by atoms with Gasteiger partial charge in [-0.15, -0.1) is 0 Å². The largest absolute Gasteiger partial charge is 0.389 e. The molecule has 0 amide bonds. The van der Waals surface area contributed by atoms with E-state index in [1.165, 1.54) is 70.6 Å². The number of rotatable bonds is 5. The quantitative estimate of drug-likeness (QED) is 0.806. The third kappa shape index (κ3) is 9.42. The topological polar surface area (TPSA) is 41.5 Å². The molecule has 3 nitrogen and oxygen atoms in total. The lowest BCUT2D eigenvalue weighted by Gasteiger charge is -2.21. The van der Waals surface area contributed by atoms with Crippen molar-refractivity contribution in [1.82, 2.24) is 5.32 Å². The van der Waals surface area contributed by atoms with Crippen LogP contribution < -0.4 is 5.32 Å². The van der Waals surface area contributed by atoms with Crippen molar-refractivity contribution in [2.45, 2.75) is 82.8 Å². The van der Waals surface area contributed by atoms with Gasteiger partial charge in [0.25, 0.3) is 0 Å². The van der Waals surface area contributed by atoms with Gasteiger partial charge >= 0.3 is 0 Å². The van der Waals surface area contributed by atoms with Crippen LogP contribution >= 0.6 is 0 Å². The van der Waals surface area contributed by atoms with Gasteiger partial charge in [0.15, 0.2) is 0 Å². The second kappa shape index (κ2) is 11.7. The Kier molecular flexibility index (Phi) is 10.4. The van der Waals surface area contributed by atoms with E-state index in [0.29, 0.717) is 19.2 Å². The maximum Gasteiger partial charge on any atom is 0.0897 e. The normalized spacial score (nSPS) is 22.4. The van der Waals surface area contributed by atoms with Crippen LogP contribution in [0.25, 0.3) is 0 Å². The Balaban J connectivity index is 2.22. The van der Waals surface area contributed by atoms with Crippen LogP contribution in [0.15, 0.2) is 0 Å². The molecule has 0 saturated heterocycles. The summed E-state index contributed by atoms with van der Waals surface area (Å²) in [7, 11) is 1.64. The lowest BCUT2D eigenvalue weighted by molar-refractivity contribution is 0.0621. The lowest BCUT2D eigenvalue weighted by atomic mass is 9.98. The fraction of sp³-hybridized carbons (Fsp3) is 1.00. The molecule has 0 aromatic carbocycles. The van der Waals surface area contributed by atoms with Crippen molar-refractivity contribution in [2.24, 2.45) is 0 Å². The molecule has 1 unspecified atom stereocenters. The maximum atomic E-state index is 9.70. The Hall–Kier alpha value is -0.120. The lowest BCUT2D eigenvalue weighted by Crippen LogP contribution is -2.37. The second-order valence-electron chi connectivity index (χ2n) is 5.97. The van der Waals surface area contributed by atoms with Gasteiger partial charge in [-0.1, -0.05) is 57.8 Å². The van der Waals surface area contributed by atoms with Crippen molar-refractivity contribution >= 4 is 0 Å². The Bertz CT molecular complexity index is 187. The van der Waals surface area contributed by atoms with Crippen LogP contribution in [-0.2, 0) is 4.74 Å². The summed E-state index contributed by atoms with van der Waals surface area (Å²) in [6.07, 6.45) is 14.7. The zero-order valence-corrected chi connectivity index (χ0v) is 12.7. The monoisotopic (exact) mass is 271 g/mol. The van der Waals surface area contributed by atoms with Crippen LogP contribution in [0.3, 0.4) is 0 Å². The summed E-state index contributed by atoms with van der Waals surface area (Å²) in [5.41, 5.74) is 0. The number of aliphatic hydroxyl groups excluding tert-OH is 1. The van der Waals surface area contributed by atoms with Gasteiger partial charge in [0, 0.05) is 19.7 Å². The van der Waals surface area contributed by atoms with E-state index in [2.05, 4.69) is 5.32 Å². The van der Waals surface area contributed by atoms with Crippen LogP contribution in [0.2, 0.25) is 0 Å². The number of hydrogen-bond donors (Lipinski definition) is 2. The summed E-state index contributed by atoms with van der Waals surface area (Å²) >= 11 is 0. The first-order valence-electron chi connectivity index (χ1n) is 8.23. The summed E-state index contributed by atoms with van der Waals surface area (Å²) in [5.74, 6) is 0. The van der Waals surface area contributed by atoms with Gasteiger partial charge in [0.1, 0.15) is 0 Å². The Labute approximate surface area is 119 Å². The Morgan fingerprint density at radius 1 is 0.947 bits per heavy atom. The summed E-state index contributed by atoms with van der Waals surface area (Å²) in [6.45, 7) is 1.10. The first kappa shape index (κ1) is 16.9. The van der Waals surface area contributed by atoms with E-state index in [4.69, 9.17) is 4.74 Å². The molecule has 0 radical (unpaired) electrons. The van der Waals surface area contributed by atoms with Crippen LogP contribution in [0.5, 0.6) is 0 Å². The molecule has 114 valence electrons. The molecule has 1 saturated carbocycles. The van der Waals surface area contributed by atoms with E-state index >= 15 is 0 Å². The molecule has 1 aliphatic carbocycles. The van der Waals surface area contributed by atoms with E-state index < -0.39 is 0 Å². The highest BCUT2D eigenvalue weighted by atomic mass is 16.5. The molecule has 1 fully saturated rings. The van der Waals surface area contributed by atoms with Gasteiger partial charge in [-0.2, -0.15) is 0 Å². The van der Waals surface area contributed by atoms with Crippen LogP contribution in [0.1, 0.15) is 70.6 Å². The van der Waals surface area contributed by atoms with Crippen molar-refractivity contribution in [2.75, 3.05) is 20.3 Å². The number of nitrogens with one attached hydrogen (secondary N) is 1. The molecule has 0 aromatic rings. The van der Waals surface area contributed by atoms with Gasteiger partial charge in [0.05, 0.1) is 12.7 Å². The molecule has 0 aromatic heterocycles. The smallest absolute Gasteiger partial charge is 0.0897 e. The molecule has 2 N–H and O–H groups in total.